The number of hydrogen-bond acceptors (Lipinski definition) is 3. The van der Waals surface area contributed by atoms with Gasteiger partial charge in [-0.15, -0.1) is 0 Å². The Morgan fingerprint density at radius 1 is 1.57 bits per heavy atom. The summed E-state index contributed by atoms with van der Waals surface area (Å²) in [5.41, 5.74) is 5.58. The van der Waals surface area contributed by atoms with E-state index in [2.05, 4.69) is 5.32 Å². The van der Waals surface area contributed by atoms with E-state index in [1.807, 2.05) is 6.92 Å². The molecule has 0 aromatic heterocycles. The van der Waals surface area contributed by atoms with Gasteiger partial charge in [-0.25, -0.2) is 0 Å². The molecule has 0 bridgehead atoms. The van der Waals surface area contributed by atoms with E-state index in [-0.39, 0.29) is 11.9 Å². The summed E-state index contributed by atoms with van der Waals surface area (Å²) < 4.78 is 0. The Bertz CT molecular complexity index is 191. The van der Waals surface area contributed by atoms with Gasteiger partial charge in [0.1, 0.15) is 6.10 Å². The van der Waals surface area contributed by atoms with Crippen LogP contribution >= 0.6 is 0 Å². The van der Waals surface area contributed by atoms with Crippen LogP contribution in [-0.2, 0) is 4.79 Å². The second kappa shape index (κ2) is 5.32. The number of amides is 1. The number of carbonyl (C=O) groups is 1. The van der Waals surface area contributed by atoms with E-state index in [0.717, 1.165) is 12.8 Å². The van der Waals surface area contributed by atoms with Crippen molar-refractivity contribution in [2.45, 2.75) is 57.2 Å². The minimum atomic E-state index is -1.06. The van der Waals surface area contributed by atoms with Gasteiger partial charge >= 0.3 is 0 Å². The molecule has 0 aromatic rings. The Hall–Kier alpha value is -0.610. The van der Waals surface area contributed by atoms with Gasteiger partial charge in [0.05, 0.1) is 0 Å². The Labute approximate surface area is 84.9 Å². The number of aliphatic hydroxyl groups is 1. The third kappa shape index (κ3) is 2.96. The second-order valence-corrected chi connectivity index (χ2v) is 4.01. The molecule has 1 amide bonds. The molecule has 0 aromatic carbocycles. The fraction of sp³-hybridized carbons (Fsp3) is 0.900. The van der Waals surface area contributed by atoms with Crippen LogP contribution in [0.3, 0.4) is 0 Å². The molecule has 0 spiro atoms. The number of carbonyl (C=O) groups excluding carboxylic acids is 1. The Morgan fingerprint density at radius 2 is 2.14 bits per heavy atom. The fourth-order valence-corrected chi connectivity index (χ4v) is 1.77. The fourth-order valence-electron chi connectivity index (χ4n) is 1.77. The van der Waals surface area contributed by atoms with E-state index >= 15 is 0 Å². The van der Waals surface area contributed by atoms with Crippen LogP contribution in [0.1, 0.15) is 39.0 Å². The molecule has 1 fully saturated rings. The van der Waals surface area contributed by atoms with Gasteiger partial charge in [0, 0.05) is 12.1 Å². The summed E-state index contributed by atoms with van der Waals surface area (Å²) in [5.74, 6) is -0.314. The molecule has 1 aliphatic carbocycles. The van der Waals surface area contributed by atoms with E-state index in [9.17, 15) is 9.90 Å². The molecule has 1 unspecified atom stereocenters. The molecule has 4 heteroatoms. The maximum atomic E-state index is 11.5. The summed E-state index contributed by atoms with van der Waals surface area (Å²) in [7, 11) is 0. The first-order chi connectivity index (χ1) is 6.65. The lowest BCUT2D eigenvalue weighted by atomic mass is 10.1. The first-order valence-electron chi connectivity index (χ1n) is 5.39. The Balaban J connectivity index is 2.32. The lowest BCUT2D eigenvalue weighted by Crippen LogP contribution is -2.48. The smallest absolute Gasteiger partial charge is 0.250 e. The molecule has 0 aliphatic heterocycles. The van der Waals surface area contributed by atoms with E-state index in [1.54, 1.807) is 0 Å². The molecule has 0 saturated heterocycles. The quantitative estimate of drug-likeness (QED) is 0.604. The zero-order chi connectivity index (χ0) is 10.6. The molecule has 1 rings (SSSR count). The number of rotatable bonds is 4. The lowest BCUT2D eigenvalue weighted by molar-refractivity contribution is -0.131. The molecule has 1 aliphatic rings. The molecule has 14 heavy (non-hydrogen) atoms. The third-order valence-corrected chi connectivity index (χ3v) is 2.85. The van der Waals surface area contributed by atoms with Crippen LogP contribution in [0.2, 0.25) is 0 Å². The van der Waals surface area contributed by atoms with Gasteiger partial charge in [0.2, 0.25) is 0 Å². The topological polar surface area (TPSA) is 75.3 Å². The van der Waals surface area contributed by atoms with E-state index in [4.69, 9.17) is 5.73 Å². The minimum absolute atomic E-state index is 0.251. The highest BCUT2D eigenvalue weighted by Crippen LogP contribution is 2.17. The average molecular weight is 200 g/mol. The van der Waals surface area contributed by atoms with Crippen molar-refractivity contribution < 1.29 is 9.90 Å². The van der Waals surface area contributed by atoms with Crippen LogP contribution in [0, 0.1) is 0 Å². The molecule has 82 valence electrons. The van der Waals surface area contributed by atoms with Crippen molar-refractivity contribution in [1.29, 1.82) is 0 Å². The normalized spacial score (nSPS) is 21.9. The number of hydrogen-bond donors (Lipinski definition) is 3. The highest BCUT2D eigenvalue weighted by atomic mass is 16.3. The molecule has 0 radical (unpaired) electrons. The zero-order valence-corrected chi connectivity index (χ0v) is 8.70. The Morgan fingerprint density at radius 3 is 2.64 bits per heavy atom. The van der Waals surface area contributed by atoms with Crippen LogP contribution in [0.5, 0.6) is 0 Å². The van der Waals surface area contributed by atoms with Crippen molar-refractivity contribution >= 4 is 5.91 Å². The van der Waals surface area contributed by atoms with Crippen molar-refractivity contribution in [3.8, 4) is 0 Å². The summed E-state index contributed by atoms with van der Waals surface area (Å²) in [6.07, 6.45) is 3.95. The molecular formula is C10H20N2O2. The Kier molecular flexibility index (Phi) is 4.35. The highest BCUT2D eigenvalue weighted by Gasteiger charge is 2.25. The largest absolute Gasteiger partial charge is 0.382 e. The minimum Gasteiger partial charge on any atom is -0.382 e. The molecular weight excluding hydrogens is 180 g/mol. The average Bonchev–Trinajstić information content (AvgIpc) is 2.68. The summed E-state index contributed by atoms with van der Waals surface area (Å²) in [4.78, 5) is 11.5. The van der Waals surface area contributed by atoms with Crippen LogP contribution in [0.25, 0.3) is 0 Å². The van der Waals surface area contributed by atoms with Crippen molar-refractivity contribution in [1.82, 2.24) is 5.32 Å². The van der Waals surface area contributed by atoms with Gasteiger partial charge in [-0.2, -0.15) is 0 Å². The van der Waals surface area contributed by atoms with Crippen molar-refractivity contribution in [2.75, 3.05) is 0 Å². The monoisotopic (exact) mass is 200 g/mol. The van der Waals surface area contributed by atoms with E-state index in [0.29, 0.717) is 6.42 Å². The molecule has 4 N–H and O–H groups in total. The van der Waals surface area contributed by atoms with Crippen LogP contribution < -0.4 is 11.1 Å². The van der Waals surface area contributed by atoms with E-state index < -0.39 is 12.1 Å². The third-order valence-electron chi connectivity index (χ3n) is 2.85. The first kappa shape index (κ1) is 11.5. The van der Waals surface area contributed by atoms with Gasteiger partial charge in [0.25, 0.3) is 5.91 Å². The summed E-state index contributed by atoms with van der Waals surface area (Å²) >= 11 is 0. The predicted molar refractivity (Wildman–Crippen MR) is 54.7 cm³/mol. The summed E-state index contributed by atoms with van der Waals surface area (Å²) in [5, 5.41) is 12.3. The van der Waals surface area contributed by atoms with Crippen LogP contribution in [-0.4, -0.2) is 29.2 Å². The summed E-state index contributed by atoms with van der Waals surface area (Å²) in [6.45, 7) is 1.86. The summed E-state index contributed by atoms with van der Waals surface area (Å²) in [6, 6.07) is -0.197. The maximum absolute atomic E-state index is 11.5. The van der Waals surface area contributed by atoms with Gasteiger partial charge in [-0.1, -0.05) is 19.8 Å². The molecule has 1 saturated carbocycles. The zero-order valence-electron chi connectivity index (χ0n) is 8.70. The highest BCUT2D eigenvalue weighted by molar-refractivity contribution is 5.81. The molecule has 0 heterocycles. The van der Waals surface area contributed by atoms with Crippen molar-refractivity contribution in [3.63, 3.8) is 0 Å². The van der Waals surface area contributed by atoms with Gasteiger partial charge in [-0.3, -0.25) is 4.79 Å². The number of nitrogens with one attached hydrogen (secondary N) is 1. The van der Waals surface area contributed by atoms with Crippen molar-refractivity contribution in [2.24, 2.45) is 5.73 Å². The SMILES string of the molecule is CC[C@H](N)C(O)C(=O)NC1CCCC1. The maximum Gasteiger partial charge on any atom is 0.250 e. The molecule has 4 nitrogen and oxygen atoms in total. The van der Waals surface area contributed by atoms with Gasteiger partial charge in [-0.05, 0) is 19.3 Å². The standard InChI is InChI=1S/C10H20N2O2/c1-2-8(11)9(13)10(14)12-7-5-3-4-6-7/h7-9,13H,2-6,11H2,1H3,(H,12,14)/t8-,9?/m0/s1. The van der Waals surface area contributed by atoms with Crippen LogP contribution in [0.15, 0.2) is 0 Å². The number of aliphatic hydroxyl groups excluding tert-OH is 1. The first-order valence-corrected chi connectivity index (χ1v) is 5.39. The predicted octanol–water partition coefficient (Wildman–Crippen LogP) is 0.143. The molecule has 2 atom stereocenters. The number of nitrogens with two attached hydrogens (primary N) is 1. The van der Waals surface area contributed by atoms with Crippen molar-refractivity contribution in [3.05, 3.63) is 0 Å². The lowest BCUT2D eigenvalue weighted by Gasteiger charge is -2.19. The second-order valence-electron chi connectivity index (χ2n) is 4.01. The van der Waals surface area contributed by atoms with Gasteiger partial charge < -0.3 is 16.2 Å². The van der Waals surface area contributed by atoms with Crippen LogP contribution in [0.4, 0.5) is 0 Å². The van der Waals surface area contributed by atoms with E-state index in [1.165, 1.54) is 12.8 Å². The van der Waals surface area contributed by atoms with Gasteiger partial charge in [0.15, 0.2) is 0 Å².